The maximum atomic E-state index is 11.7. The van der Waals surface area contributed by atoms with Gasteiger partial charge in [-0.3, -0.25) is 0 Å². The van der Waals surface area contributed by atoms with Gasteiger partial charge in [-0.2, -0.15) is 0 Å². The van der Waals surface area contributed by atoms with Crippen molar-refractivity contribution in [3.8, 4) is 0 Å². The number of carbonyl (C=O) groups excluding carboxylic acids is 1. The Morgan fingerprint density at radius 1 is 1.47 bits per heavy atom. The zero-order valence-corrected chi connectivity index (χ0v) is 8.14. The van der Waals surface area contributed by atoms with Crippen LogP contribution in [0.1, 0.15) is 5.56 Å². The summed E-state index contributed by atoms with van der Waals surface area (Å²) in [6.45, 7) is 0. The summed E-state index contributed by atoms with van der Waals surface area (Å²) in [7, 11) is 1.10. The van der Waals surface area contributed by atoms with Gasteiger partial charge in [0.1, 0.15) is 0 Å². The van der Waals surface area contributed by atoms with Crippen molar-refractivity contribution in [1.29, 1.82) is 0 Å². The van der Waals surface area contributed by atoms with Crippen LogP contribution in [0.15, 0.2) is 30.3 Å². The molecule has 0 saturated carbocycles. The summed E-state index contributed by atoms with van der Waals surface area (Å²) >= 11 is 0. The van der Waals surface area contributed by atoms with E-state index >= 15 is 0 Å². The highest BCUT2D eigenvalue weighted by Crippen LogP contribution is 2.16. The zero-order valence-electron chi connectivity index (χ0n) is 8.14. The third-order valence-electron chi connectivity index (χ3n) is 2.01. The Bertz CT molecular complexity index is 327. The van der Waals surface area contributed by atoms with E-state index < -0.39 is 11.8 Å². The predicted molar refractivity (Wildman–Crippen MR) is 49.3 cm³/mol. The summed E-state index contributed by atoms with van der Waals surface area (Å²) < 4.78 is 16.2. The van der Waals surface area contributed by atoms with Crippen molar-refractivity contribution in [1.82, 2.24) is 0 Å². The molecule has 0 spiro atoms. The normalized spacial score (nSPS) is 14.3. The lowest BCUT2D eigenvalue weighted by molar-refractivity contribution is -0.248. The van der Waals surface area contributed by atoms with Crippen LogP contribution in [0.2, 0.25) is 0 Å². The number of carbonyl (C=O) groups is 1. The van der Waals surface area contributed by atoms with Gasteiger partial charge in [-0.05, 0) is 5.56 Å². The molecule has 0 fully saturated rings. The highest BCUT2D eigenvalue weighted by molar-refractivity contribution is 5.77. The highest BCUT2D eigenvalue weighted by Gasteiger charge is 2.39. The van der Waals surface area contributed by atoms with Crippen molar-refractivity contribution < 1.29 is 24.1 Å². The molecule has 1 unspecified atom stereocenters. The Morgan fingerprint density at radius 2 is 2.07 bits per heavy atom. The van der Waals surface area contributed by atoms with Crippen LogP contribution in [0.4, 0.5) is 4.53 Å². The first kappa shape index (κ1) is 11.6. The number of methoxy groups -OCH3 is 1. The lowest BCUT2D eigenvalue weighted by atomic mass is 10.1. The van der Waals surface area contributed by atoms with E-state index in [1.54, 1.807) is 30.3 Å². The zero-order chi connectivity index (χ0) is 11.3. The van der Waals surface area contributed by atoms with E-state index in [-0.39, 0.29) is 6.42 Å². The quantitative estimate of drug-likeness (QED) is 0.759. The first-order chi connectivity index (χ1) is 7.12. The predicted octanol–water partition coefficient (Wildman–Crippen LogP) is 0.992. The molecular formula is C10H11FO4. The van der Waals surface area contributed by atoms with Crippen LogP contribution < -0.4 is 0 Å². The van der Waals surface area contributed by atoms with Crippen LogP contribution in [0.3, 0.4) is 0 Å². The van der Waals surface area contributed by atoms with Crippen molar-refractivity contribution in [3.63, 3.8) is 0 Å². The van der Waals surface area contributed by atoms with Gasteiger partial charge in [0, 0.05) is 18.1 Å². The molecule has 1 aromatic rings. The lowest BCUT2D eigenvalue weighted by Crippen LogP contribution is -2.43. The number of benzene rings is 1. The second kappa shape index (κ2) is 4.86. The summed E-state index contributed by atoms with van der Waals surface area (Å²) in [5, 5.41) is 9.61. The molecule has 0 heterocycles. The number of hydrogen-bond acceptors (Lipinski definition) is 4. The third-order valence-corrected chi connectivity index (χ3v) is 2.01. The fraction of sp³-hybridized carbons (Fsp3) is 0.300. The molecule has 0 amide bonds. The molecule has 0 aliphatic carbocycles. The maximum absolute atomic E-state index is 11.7. The van der Waals surface area contributed by atoms with Crippen LogP contribution >= 0.6 is 0 Å². The molecule has 82 valence electrons. The van der Waals surface area contributed by atoms with E-state index in [9.17, 15) is 14.4 Å². The monoisotopic (exact) mass is 214 g/mol. The van der Waals surface area contributed by atoms with Crippen LogP contribution in [-0.2, 0) is 20.9 Å². The molecule has 1 N–H and O–H groups in total. The van der Waals surface area contributed by atoms with E-state index in [4.69, 9.17) is 0 Å². The van der Waals surface area contributed by atoms with Gasteiger partial charge in [0.15, 0.2) is 0 Å². The van der Waals surface area contributed by atoms with Gasteiger partial charge in [-0.25, -0.2) is 9.74 Å². The molecule has 0 aromatic heterocycles. The number of hydrogen-bond donors (Lipinski definition) is 1. The van der Waals surface area contributed by atoms with Crippen molar-refractivity contribution in [2.75, 3.05) is 7.11 Å². The Balaban J connectivity index is 2.81. The Labute approximate surface area is 86.1 Å². The Hall–Kier alpha value is -1.46. The molecule has 15 heavy (non-hydrogen) atoms. The average Bonchev–Trinajstić information content (AvgIpc) is 2.29. The number of ether oxygens (including phenoxy) is 1. The second-order valence-corrected chi connectivity index (χ2v) is 3.02. The SMILES string of the molecule is COC(O)(Cc1ccccc1)C(=O)OF. The second-order valence-electron chi connectivity index (χ2n) is 3.02. The molecule has 0 bridgehead atoms. The highest BCUT2D eigenvalue weighted by atomic mass is 19.3. The minimum atomic E-state index is -2.28. The molecule has 0 saturated heterocycles. The molecule has 0 aliphatic heterocycles. The van der Waals surface area contributed by atoms with E-state index in [0.29, 0.717) is 5.56 Å². The Morgan fingerprint density at radius 3 is 2.53 bits per heavy atom. The summed E-state index contributed by atoms with van der Waals surface area (Å²) in [5.41, 5.74) is 0.632. The largest absolute Gasteiger partial charge is 0.407 e. The van der Waals surface area contributed by atoms with Gasteiger partial charge in [0.2, 0.25) is 0 Å². The summed E-state index contributed by atoms with van der Waals surface area (Å²) in [4.78, 5) is 13.9. The van der Waals surface area contributed by atoms with E-state index in [1.165, 1.54) is 0 Å². The summed E-state index contributed by atoms with van der Waals surface area (Å²) in [5.74, 6) is -3.75. The van der Waals surface area contributed by atoms with E-state index in [0.717, 1.165) is 7.11 Å². The van der Waals surface area contributed by atoms with Gasteiger partial charge in [-0.15, -0.1) is 0 Å². The average molecular weight is 214 g/mol. The molecule has 5 heteroatoms. The molecular weight excluding hydrogens is 203 g/mol. The number of aliphatic hydroxyl groups is 1. The molecule has 1 rings (SSSR count). The molecule has 0 radical (unpaired) electrons. The molecule has 1 atom stereocenters. The van der Waals surface area contributed by atoms with Crippen molar-refractivity contribution in [2.45, 2.75) is 12.2 Å². The summed E-state index contributed by atoms with van der Waals surface area (Å²) in [6, 6.07) is 8.59. The van der Waals surface area contributed by atoms with Crippen LogP contribution in [0, 0.1) is 0 Å². The first-order valence-electron chi connectivity index (χ1n) is 4.27. The van der Waals surface area contributed by atoms with Crippen molar-refractivity contribution in [2.24, 2.45) is 0 Å². The van der Waals surface area contributed by atoms with Crippen LogP contribution in [0.5, 0.6) is 0 Å². The van der Waals surface area contributed by atoms with Gasteiger partial charge in [0.25, 0.3) is 5.79 Å². The van der Waals surface area contributed by atoms with Crippen molar-refractivity contribution >= 4 is 5.97 Å². The van der Waals surface area contributed by atoms with Gasteiger partial charge in [-0.1, -0.05) is 30.3 Å². The minimum Gasteiger partial charge on any atom is -0.356 e. The third kappa shape index (κ3) is 2.74. The fourth-order valence-electron chi connectivity index (χ4n) is 1.16. The maximum Gasteiger partial charge on any atom is 0.407 e. The van der Waals surface area contributed by atoms with Gasteiger partial charge < -0.3 is 9.84 Å². The number of rotatable bonds is 4. The fourth-order valence-corrected chi connectivity index (χ4v) is 1.16. The first-order valence-corrected chi connectivity index (χ1v) is 4.27. The van der Waals surface area contributed by atoms with Crippen LogP contribution in [0.25, 0.3) is 0 Å². The van der Waals surface area contributed by atoms with E-state index in [2.05, 4.69) is 9.68 Å². The molecule has 0 aliphatic rings. The molecule has 4 nitrogen and oxygen atoms in total. The standard InChI is InChI=1S/C10H11FO4/c1-14-10(13,9(12)15-11)7-8-5-3-2-4-6-8/h2-6,13H,7H2,1H3. The Kier molecular flexibility index (Phi) is 3.76. The van der Waals surface area contributed by atoms with Gasteiger partial charge >= 0.3 is 5.97 Å². The molecule has 1 aromatic carbocycles. The topological polar surface area (TPSA) is 55.8 Å². The summed E-state index contributed by atoms with van der Waals surface area (Å²) in [6.07, 6.45) is -0.174. The van der Waals surface area contributed by atoms with Crippen molar-refractivity contribution in [3.05, 3.63) is 35.9 Å². The van der Waals surface area contributed by atoms with Gasteiger partial charge in [0.05, 0.1) is 0 Å². The number of halogens is 1. The minimum absolute atomic E-state index is 0.174. The lowest BCUT2D eigenvalue weighted by Gasteiger charge is -2.21. The van der Waals surface area contributed by atoms with Crippen LogP contribution in [-0.4, -0.2) is 24.0 Å². The van der Waals surface area contributed by atoms with E-state index in [1.807, 2.05) is 0 Å². The smallest absolute Gasteiger partial charge is 0.356 e.